The molecular formula is C14H16Cl2N2. The quantitative estimate of drug-likeness (QED) is 0.860. The second-order valence-electron chi connectivity index (χ2n) is 4.20. The number of rotatable bonds is 4. The van der Waals surface area contributed by atoms with Crippen LogP contribution in [0.2, 0.25) is 10.0 Å². The first kappa shape index (κ1) is 13.4. The predicted octanol–water partition coefficient (Wildman–Crippen LogP) is 4.93. The van der Waals surface area contributed by atoms with Crippen molar-refractivity contribution in [2.75, 3.05) is 11.9 Å². The number of pyridine rings is 1. The van der Waals surface area contributed by atoms with Gasteiger partial charge in [0.05, 0.1) is 15.6 Å². The zero-order chi connectivity index (χ0) is 13.1. The minimum atomic E-state index is 0.636. The first-order valence-corrected chi connectivity index (χ1v) is 6.94. The van der Waals surface area contributed by atoms with Gasteiger partial charge >= 0.3 is 0 Å². The van der Waals surface area contributed by atoms with Gasteiger partial charge in [-0.25, -0.2) is 4.98 Å². The summed E-state index contributed by atoms with van der Waals surface area (Å²) >= 11 is 12.4. The van der Waals surface area contributed by atoms with E-state index in [0.29, 0.717) is 10.0 Å². The molecule has 0 unspecified atom stereocenters. The fraction of sp³-hybridized carbons (Fsp3) is 0.357. The van der Waals surface area contributed by atoms with E-state index < -0.39 is 0 Å². The highest BCUT2D eigenvalue weighted by atomic mass is 35.5. The van der Waals surface area contributed by atoms with Crippen LogP contribution in [0.15, 0.2) is 18.2 Å². The first-order valence-electron chi connectivity index (χ1n) is 6.18. The Balaban J connectivity index is 2.61. The molecular weight excluding hydrogens is 267 g/mol. The largest absolute Gasteiger partial charge is 0.370 e. The van der Waals surface area contributed by atoms with Crippen molar-refractivity contribution in [2.24, 2.45) is 0 Å². The van der Waals surface area contributed by atoms with Crippen molar-refractivity contribution in [2.45, 2.75) is 26.7 Å². The molecule has 1 aromatic carbocycles. The number of hydrogen-bond acceptors (Lipinski definition) is 2. The zero-order valence-corrected chi connectivity index (χ0v) is 12.1. The van der Waals surface area contributed by atoms with Crippen LogP contribution in [0.4, 0.5) is 5.82 Å². The molecule has 0 saturated heterocycles. The lowest BCUT2D eigenvalue weighted by Gasteiger charge is -2.12. The van der Waals surface area contributed by atoms with Crippen molar-refractivity contribution >= 4 is 39.9 Å². The highest BCUT2D eigenvalue weighted by Gasteiger charge is 2.10. The standard InChI is InChI=1S/C14H16Cl2N2/c1-3-7-17-14-9(4-2)8-10-11(15)5-6-12(16)13(10)18-14/h5-6,8H,3-4,7H2,1-2H3,(H,17,18). The van der Waals surface area contributed by atoms with E-state index in [1.165, 1.54) is 5.56 Å². The van der Waals surface area contributed by atoms with Crippen LogP contribution in [0.5, 0.6) is 0 Å². The molecule has 2 rings (SSSR count). The van der Waals surface area contributed by atoms with E-state index in [1.54, 1.807) is 6.07 Å². The monoisotopic (exact) mass is 282 g/mol. The Morgan fingerprint density at radius 3 is 2.56 bits per heavy atom. The Bertz CT molecular complexity index is 567. The maximum atomic E-state index is 6.20. The van der Waals surface area contributed by atoms with E-state index in [-0.39, 0.29) is 0 Å². The van der Waals surface area contributed by atoms with E-state index in [2.05, 4.69) is 30.2 Å². The highest BCUT2D eigenvalue weighted by molar-refractivity contribution is 6.39. The lowest BCUT2D eigenvalue weighted by atomic mass is 10.1. The summed E-state index contributed by atoms with van der Waals surface area (Å²) in [5.74, 6) is 0.913. The van der Waals surface area contributed by atoms with Gasteiger partial charge < -0.3 is 5.32 Å². The number of halogens is 2. The van der Waals surface area contributed by atoms with Gasteiger partial charge in [0.25, 0.3) is 0 Å². The van der Waals surface area contributed by atoms with Crippen molar-refractivity contribution < 1.29 is 0 Å². The molecule has 1 N–H and O–H groups in total. The van der Waals surface area contributed by atoms with E-state index in [9.17, 15) is 0 Å². The number of nitrogens with one attached hydrogen (secondary N) is 1. The number of nitrogens with zero attached hydrogens (tertiary/aromatic N) is 1. The molecule has 18 heavy (non-hydrogen) atoms. The van der Waals surface area contributed by atoms with Crippen molar-refractivity contribution in [1.29, 1.82) is 0 Å². The molecule has 0 aliphatic rings. The normalized spacial score (nSPS) is 10.9. The molecule has 96 valence electrons. The molecule has 0 aliphatic carbocycles. The highest BCUT2D eigenvalue weighted by Crippen LogP contribution is 2.31. The molecule has 2 aromatic rings. The van der Waals surface area contributed by atoms with Crippen LogP contribution < -0.4 is 5.32 Å². The van der Waals surface area contributed by atoms with Crippen molar-refractivity contribution in [3.8, 4) is 0 Å². The molecule has 0 amide bonds. The van der Waals surface area contributed by atoms with Crippen LogP contribution in [0.25, 0.3) is 10.9 Å². The van der Waals surface area contributed by atoms with Gasteiger partial charge in [0.2, 0.25) is 0 Å². The lowest BCUT2D eigenvalue weighted by Crippen LogP contribution is -2.05. The molecule has 1 heterocycles. The number of anilines is 1. The van der Waals surface area contributed by atoms with Crippen LogP contribution in [-0.2, 0) is 6.42 Å². The van der Waals surface area contributed by atoms with Gasteiger partial charge in [-0.15, -0.1) is 0 Å². The Labute approximate surface area is 117 Å². The van der Waals surface area contributed by atoms with Gasteiger partial charge in [-0.05, 0) is 36.6 Å². The number of aromatic nitrogens is 1. The molecule has 0 fully saturated rings. The third-order valence-electron chi connectivity index (χ3n) is 2.88. The number of benzene rings is 1. The molecule has 0 saturated carbocycles. The van der Waals surface area contributed by atoms with Gasteiger partial charge in [-0.1, -0.05) is 37.0 Å². The molecule has 0 bridgehead atoms. The van der Waals surface area contributed by atoms with Crippen LogP contribution in [0.3, 0.4) is 0 Å². The number of aryl methyl sites for hydroxylation is 1. The Morgan fingerprint density at radius 1 is 1.17 bits per heavy atom. The Morgan fingerprint density at radius 2 is 1.89 bits per heavy atom. The Kier molecular flexibility index (Phi) is 4.31. The van der Waals surface area contributed by atoms with E-state index >= 15 is 0 Å². The maximum absolute atomic E-state index is 6.20. The Hall–Kier alpha value is -0.990. The van der Waals surface area contributed by atoms with Gasteiger partial charge in [0.15, 0.2) is 0 Å². The SMILES string of the molecule is CCCNc1nc2c(Cl)ccc(Cl)c2cc1CC. The van der Waals surface area contributed by atoms with Crippen LogP contribution >= 0.6 is 23.2 Å². The summed E-state index contributed by atoms with van der Waals surface area (Å²) in [5, 5.41) is 5.59. The molecule has 1 aromatic heterocycles. The molecule has 0 atom stereocenters. The second kappa shape index (κ2) is 5.77. The molecule has 0 aliphatic heterocycles. The van der Waals surface area contributed by atoms with E-state index in [4.69, 9.17) is 23.2 Å². The summed E-state index contributed by atoms with van der Waals surface area (Å²) in [7, 11) is 0. The summed E-state index contributed by atoms with van der Waals surface area (Å²) in [6, 6.07) is 5.68. The summed E-state index contributed by atoms with van der Waals surface area (Å²) in [4.78, 5) is 4.62. The fourth-order valence-electron chi connectivity index (χ4n) is 1.90. The van der Waals surface area contributed by atoms with Gasteiger partial charge in [-0.2, -0.15) is 0 Å². The summed E-state index contributed by atoms with van der Waals surface area (Å²) < 4.78 is 0. The minimum Gasteiger partial charge on any atom is -0.370 e. The van der Waals surface area contributed by atoms with Crippen LogP contribution in [-0.4, -0.2) is 11.5 Å². The topological polar surface area (TPSA) is 24.9 Å². The molecule has 4 heteroatoms. The van der Waals surface area contributed by atoms with Gasteiger partial charge in [-0.3, -0.25) is 0 Å². The average Bonchev–Trinajstić information content (AvgIpc) is 2.40. The number of hydrogen-bond donors (Lipinski definition) is 1. The summed E-state index contributed by atoms with van der Waals surface area (Å²) in [5.41, 5.74) is 1.93. The van der Waals surface area contributed by atoms with Crippen molar-refractivity contribution in [3.63, 3.8) is 0 Å². The summed E-state index contributed by atoms with van der Waals surface area (Å²) in [6.07, 6.45) is 1.98. The van der Waals surface area contributed by atoms with E-state index in [1.807, 2.05) is 6.07 Å². The molecule has 2 nitrogen and oxygen atoms in total. The van der Waals surface area contributed by atoms with Crippen LogP contribution in [0.1, 0.15) is 25.8 Å². The maximum Gasteiger partial charge on any atom is 0.129 e. The van der Waals surface area contributed by atoms with Crippen LogP contribution in [0, 0.1) is 0 Å². The predicted molar refractivity (Wildman–Crippen MR) is 79.9 cm³/mol. The van der Waals surface area contributed by atoms with Crippen molar-refractivity contribution in [1.82, 2.24) is 4.98 Å². The minimum absolute atomic E-state index is 0.636. The third kappa shape index (κ3) is 2.55. The fourth-order valence-corrected chi connectivity index (χ4v) is 2.31. The molecule has 0 radical (unpaired) electrons. The second-order valence-corrected chi connectivity index (χ2v) is 5.02. The van der Waals surface area contributed by atoms with E-state index in [0.717, 1.165) is 36.1 Å². The zero-order valence-electron chi connectivity index (χ0n) is 10.6. The third-order valence-corrected chi connectivity index (χ3v) is 3.52. The summed E-state index contributed by atoms with van der Waals surface area (Å²) in [6.45, 7) is 5.14. The van der Waals surface area contributed by atoms with Gasteiger partial charge in [0.1, 0.15) is 5.82 Å². The average molecular weight is 283 g/mol. The number of fused-ring (bicyclic) bond motifs is 1. The van der Waals surface area contributed by atoms with Gasteiger partial charge in [0, 0.05) is 11.9 Å². The van der Waals surface area contributed by atoms with Crippen molar-refractivity contribution in [3.05, 3.63) is 33.8 Å². The smallest absolute Gasteiger partial charge is 0.129 e. The molecule has 0 spiro atoms. The lowest BCUT2D eigenvalue weighted by molar-refractivity contribution is 0.962. The first-order chi connectivity index (χ1) is 8.67.